The number of hydrogen-bond acceptors (Lipinski definition) is 4. The molecule has 0 aliphatic heterocycles. The number of halogens is 1. The van der Waals surface area contributed by atoms with Gasteiger partial charge in [-0.2, -0.15) is 0 Å². The second-order valence-corrected chi connectivity index (χ2v) is 5.78. The van der Waals surface area contributed by atoms with Crippen molar-refractivity contribution >= 4 is 32.1 Å². The Balaban J connectivity index is 2.01. The molecule has 0 spiro atoms. The highest BCUT2D eigenvalue weighted by Gasteiger charge is 2.13. The first-order chi connectivity index (χ1) is 8.24. The summed E-state index contributed by atoms with van der Waals surface area (Å²) in [7, 11) is 0. The fraction of sp³-hybridized carbons (Fsp3) is 0.0833. The molecule has 0 saturated carbocycles. The molecule has 86 valence electrons. The molecule has 2 N–H and O–H groups in total. The van der Waals surface area contributed by atoms with Gasteiger partial charge in [-0.15, -0.1) is 22.7 Å². The Morgan fingerprint density at radius 1 is 1.24 bits per heavy atom. The van der Waals surface area contributed by atoms with Gasteiger partial charge in [0.25, 0.3) is 0 Å². The first kappa shape index (κ1) is 10.8. The highest BCUT2D eigenvalue weighted by Crippen LogP contribution is 2.34. The molecule has 1 atom stereocenters. The molecule has 1 unspecified atom stereocenters. The summed E-state index contributed by atoms with van der Waals surface area (Å²) in [5.41, 5.74) is 6.82. The number of nitrogens with two attached hydrogens (primary N) is 1. The van der Waals surface area contributed by atoms with Gasteiger partial charge in [0.1, 0.15) is 5.82 Å². The van der Waals surface area contributed by atoms with E-state index in [9.17, 15) is 4.39 Å². The molecule has 3 rings (SSSR count). The molecular weight excluding hydrogens is 255 g/mol. The number of thiophene rings is 2. The molecule has 0 aliphatic rings. The van der Waals surface area contributed by atoms with Crippen molar-refractivity contribution in [2.24, 2.45) is 5.73 Å². The van der Waals surface area contributed by atoms with Crippen molar-refractivity contribution in [2.75, 3.05) is 0 Å². The van der Waals surface area contributed by atoms with Gasteiger partial charge in [-0.3, -0.25) is 4.98 Å². The van der Waals surface area contributed by atoms with Crippen molar-refractivity contribution in [1.82, 2.24) is 4.98 Å². The molecule has 2 nitrogen and oxygen atoms in total. The first-order valence-corrected chi connectivity index (χ1v) is 6.76. The van der Waals surface area contributed by atoms with Crippen LogP contribution in [0.5, 0.6) is 0 Å². The molecule has 0 aliphatic carbocycles. The van der Waals surface area contributed by atoms with Crippen LogP contribution in [0.15, 0.2) is 36.0 Å². The topological polar surface area (TPSA) is 38.9 Å². The van der Waals surface area contributed by atoms with E-state index in [1.165, 1.54) is 21.7 Å². The van der Waals surface area contributed by atoms with Crippen LogP contribution >= 0.6 is 22.7 Å². The summed E-state index contributed by atoms with van der Waals surface area (Å²) in [6.07, 6.45) is 2.80. The van der Waals surface area contributed by atoms with E-state index in [1.54, 1.807) is 28.9 Å². The Kier molecular flexibility index (Phi) is 2.66. The van der Waals surface area contributed by atoms with Crippen LogP contribution in [0.1, 0.15) is 16.5 Å². The lowest BCUT2D eigenvalue weighted by atomic mass is 10.1. The number of fused-ring (bicyclic) bond motifs is 1. The van der Waals surface area contributed by atoms with E-state index < -0.39 is 0 Å². The van der Waals surface area contributed by atoms with Gasteiger partial charge < -0.3 is 5.73 Å². The van der Waals surface area contributed by atoms with Gasteiger partial charge in [0.05, 0.1) is 12.2 Å². The molecule has 0 fully saturated rings. The monoisotopic (exact) mass is 264 g/mol. The molecule has 3 heterocycles. The van der Waals surface area contributed by atoms with E-state index >= 15 is 0 Å². The summed E-state index contributed by atoms with van der Waals surface area (Å²) in [6, 6.07) is 5.28. The maximum Gasteiger partial charge on any atom is 0.141 e. The van der Waals surface area contributed by atoms with E-state index in [2.05, 4.69) is 22.5 Å². The predicted molar refractivity (Wildman–Crippen MR) is 69.9 cm³/mol. The zero-order valence-electron chi connectivity index (χ0n) is 8.76. The fourth-order valence-electron chi connectivity index (χ4n) is 1.70. The molecule has 0 saturated heterocycles. The SMILES string of the molecule is NC(c1cncc(F)c1)c1cc2sccc2s1. The van der Waals surface area contributed by atoms with Crippen LogP contribution in [0.4, 0.5) is 4.39 Å². The Bertz CT molecular complexity index is 631. The fourth-order valence-corrected chi connectivity index (χ4v) is 3.85. The van der Waals surface area contributed by atoms with Crippen LogP contribution in [0, 0.1) is 5.82 Å². The van der Waals surface area contributed by atoms with Gasteiger partial charge in [0.15, 0.2) is 0 Å². The summed E-state index contributed by atoms with van der Waals surface area (Å²) >= 11 is 3.34. The van der Waals surface area contributed by atoms with Gasteiger partial charge in [-0.1, -0.05) is 0 Å². The number of aromatic nitrogens is 1. The number of hydrogen-bond donors (Lipinski definition) is 1. The van der Waals surface area contributed by atoms with Crippen molar-refractivity contribution in [3.8, 4) is 0 Å². The maximum absolute atomic E-state index is 13.1. The Labute approximate surface area is 106 Å². The van der Waals surface area contributed by atoms with E-state index in [1.807, 2.05) is 0 Å². The molecule has 17 heavy (non-hydrogen) atoms. The van der Waals surface area contributed by atoms with Gasteiger partial charge in [-0.25, -0.2) is 4.39 Å². The third kappa shape index (κ3) is 1.97. The maximum atomic E-state index is 13.1. The molecule has 3 aromatic rings. The summed E-state index contributed by atoms with van der Waals surface area (Å²) in [4.78, 5) is 4.87. The molecule has 0 amide bonds. The third-order valence-electron chi connectivity index (χ3n) is 2.55. The van der Waals surface area contributed by atoms with Gasteiger partial charge in [-0.05, 0) is 29.1 Å². The van der Waals surface area contributed by atoms with Gasteiger partial charge in [0, 0.05) is 20.5 Å². The molecule has 0 bridgehead atoms. The first-order valence-electron chi connectivity index (χ1n) is 5.07. The molecule has 0 aromatic carbocycles. The smallest absolute Gasteiger partial charge is 0.141 e. The highest BCUT2D eigenvalue weighted by atomic mass is 32.1. The predicted octanol–water partition coefficient (Wildman–Crippen LogP) is 3.55. The van der Waals surface area contributed by atoms with Crippen LogP contribution in [0.25, 0.3) is 9.40 Å². The zero-order valence-corrected chi connectivity index (χ0v) is 10.4. The average molecular weight is 264 g/mol. The Hall–Kier alpha value is -1.30. The summed E-state index contributed by atoms with van der Waals surface area (Å²) < 4.78 is 15.5. The Morgan fingerprint density at radius 2 is 2.12 bits per heavy atom. The second-order valence-electron chi connectivity index (χ2n) is 3.71. The van der Waals surface area contributed by atoms with Crippen molar-refractivity contribution < 1.29 is 4.39 Å². The lowest BCUT2D eigenvalue weighted by Crippen LogP contribution is -2.10. The number of pyridine rings is 1. The van der Waals surface area contributed by atoms with Crippen molar-refractivity contribution in [2.45, 2.75) is 6.04 Å². The molecule has 3 aromatic heterocycles. The number of rotatable bonds is 2. The van der Waals surface area contributed by atoms with Gasteiger partial charge >= 0.3 is 0 Å². The van der Waals surface area contributed by atoms with E-state index in [0.717, 1.165) is 4.88 Å². The van der Waals surface area contributed by atoms with Crippen LogP contribution in [0.3, 0.4) is 0 Å². The third-order valence-corrected chi connectivity index (χ3v) is 4.73. The molecule has 5 heteroatoms. The normalized spacial score (nSPS) is 13.1. The summed E-state index contributed by atoms with van der Waals surface area (Å²) in [5.74, 6) is -0.351. The van der Waals surface area contributed by atoms with E-state index in [4.69, 9.17) is 5.73 Å². The van der Waals surface area contributed by atoms with Crippen molar-refractivity contribution in [3.63, 3.8) is 0 Å². The van der Waals surface area contributed by atoms with Crippen LogP contribution in [0.2, 0.25) is 0 Å². The average Bonchev–Trinajstić information content (AvgIpc) is 2.88. The molecule has 0 radical (unpaired) electrons. The lowest BCUT2D eigenvalue weighted by molar-refractivity contribution is 0.616. The minimum Gasteiger partial charge on any atom is -0.320 e. The van der Waals surface area contributed by atoms with E-state index in [0.29, 0.717) is 5.56 Å². The summed E-state index contributed by atoms with van der Waals surface area (Å²) in [6.45, 7) is 0. The highest BCUT2D eigenvalue weighted by molar-refractivity contribution is 7.26. The minimum atomic E-state index is -0.351. The Morgan fingerprint density at radius 3 is 2.88 bits per heavy atom. The van der Waals surface area contributed by atoms with Crippen molar-refractivity contribution in [1.29, 1.82) is 0 Å². The van der Waals surface area contributed by atoms with Crippen LogP contribution in [-0.2, 0) is 0 Å². The second kappa shape index (κ2) is 4.18. The standard InChI is InChI=1S/C12H9FN2S2/c13-8-3-7(5-15-6-8)12(14)11-4-10-9(17-11)1-2-16-10/h1-6,12H,14H2. The van der Waals surface area contributed by atoms with Crippen molar-refractivity contribution in [3.05, 3.63) is 52.2 Å². The quantitative estimate of drug-likeness (QED) is 0.769. The van der Waals surface area contributed by atoms with E-state index in [-0.39, 0.29) is 11.9 Å². The number of nitrogens with zero attached hydrogens (tertiary/aromatic N) is 1. The molecular formula is C12H9FN2S2. The largest absolute Gasteiger partial charge is 0.320 e. The lowest BCUT2D eigenvalue weighted by Gasteiger charge is -2.08. The minimum absolute atomic E-state index is 0.303. The zero-order chi connectivity index (χ0) is 11.8. The van der Waals surface area contributed by atoms with Gasteiger partial charge in [0.2, 0.25) is 0 Å². The van der Waals surface area contributed by atoms with Crippen LogP contribution < -0.4 is 5.73 Å². The van der Waals surface area contributed by atoms with Crippen LogP contribution in [-0.4, -0.2) is 4.98 Å². The summed E-state index contributed by atoms with van der Waals surface area (Å²) in [5, 5.41) is 2.06.